The molecule has 0 saturated carbocycles. The summed E-state index contributed by atoms with van der Waals surface area (Å²) in [6, 6.07) is 9.54. The van der Waals surface area contributed by atoms with Crippen molar-refractivity contribution in [3.05, 3.63) is 57.5 Å². The van der Waals surface area contributed by atoms with E-state index in [1.807, 2.05) is 13.8 Å². The molecular formula is C15H16ClN3O2. The molecule has 0 bridgehead atoms. The lowest BCUT2D eigenvalue weighted by Crippen LogP contribution is -2.27. The first-order valence-electron chi connectivity index (χ1n) is 6.61. The molecule has 0 radical (unpaired) electrons. The molecule has 21 heavy (non-hydrogen) atoms. The molecule has 1 N–H and O–H groups in total. The van der Waals surface area contributed by atoms with Crippen LogP contribution < -0.4 is 10.9 Å². The van der Waals surface area contributed by atoms with Gasteiger partial charge in [-0.2, -0.15) is 5.10 Å². The Bertz CT molecular complexity index is 693. The van der Waals surface area contributed by atoms with Gasteiger partial charge in [-0.3, -0.25) is 9.59 Å². The summed E-state index contributed by atoms with van der Waals surface area (Å²) in [7, 11) is 0. The first-order chi connectivity index (χ1) is 9.95. The SMILES string of the molecule is CC(C)Cn1nc(C(=O)Nc2ccc(Cl)cc2)ccc1=O. The second kappa shape index (κ2) is 6.54. The zero-order valence-corrected chi connectivity index (χ0v) is 12.6. The highest BCUT2D eigenvalue weighted by molar-refractivity contribution is 6.30. The largest absolute Gasteiger partial charge is 0.321 e. The average Bonchev–Trinajstić information content (AvgIpc) is 2.43. The van der Waals surface area contributed by atoms with E-state index in [9.17, 15) is 9.59 Å². The molecule has 2 rings (SSSR count). The van der Waals surface area contributed by atoms with Crippen LogP contribution in [0.15, 0.2) is 41.2 Å². The molecule has 0 fully saturated rings. The fraction of sp³-hybridized carbons (Fsp3) is 0.267. The van der Waals surface area contributed by atoms with E-state index in [1.165, 1.54) is 16.8 Å². The molecule has 0 atom stereocenters. The highest BCUT2D eigenvalue weighted by Crippen LogP contribution is 2.13. The van der Waals surface area contributed by atoms with Crippen molar-refractivity contribution in [3.63, 3.8) is 0 Å². The summed E-state index contributed by atoms with van der Waals surface area (Å²) < 4.78 is 1.31. The number of nitrogens with one attached hydrogen (secondary N) is 1. The summed E-state index contributed by atoms with van der Waals surface area (Å²) in [5.41, 5.74) is 0.602. The molecule has 0 spiro atoms. The van der Waals surface area contributed by atoms with Crippen LogP contribution in [0.4, 0.5) is 5.69 Å². The minimum Gasteiger partial charge on any atom is -0.321 e. The number of anilines is 1. The predicted molar refractivity (Wildman–Crippen MR) is 82.7 cm³/mol. The van der Waals surface area contributed by atoms with Crippen molar-refractivity contribution < 1.29 is 4.79 Å². The molecular weight excluding hydrogens is 290 g/mol. The summed E-state index contributed by atoms with van der Waals surface area (Å²) in [6.45, 7) is 4.43. The van der Waals surface area contributed by atoms with E-state index in [1.54, 1.807) is 24.3 Å². The van der Waals surface area contributed by atoms with Gasteiger partial charge in [-0.25, -0.2) is 4.68 Å². The van der Waals surface area contributed by atoms with Crippen molar-refractivity contribution in [3.8, 4) is 0 Å². The zero-order chi connectivity index (χ0) is 15.4. The normalized spacial score (nSPS) is 10.7. The van der Waals surface area contributed by atoms with Crippen LogP contribution in [0, 0.1) is 5.92 Å². The van der Waals surface area contributed by atoms with Crippen LogP contribution in [-0.4, -0.2) is 15.7 Å². The Kier molecular flexibility index (Phi) is 4.75. The minimum atomic E-state index is -0.366. The molecule has 0 saturated heterocycles. The lowest BCUT2D eigenvalue weighted by Gasteiger charge is -2.09. The highest BCUT2D eigenvalue weighted by Gasteiger charge is 2.10. The van der Waals surface area contributed by atoms with Gasteiger partial charge in [0.1, 0.15) is 5.69 Å². The standard InChI is InChI=1S/C15H16ClN3O2/c1-10(2)9-19-14(20)8-7-13(18-19)15(21)17-12-5-3-11(16)4-6-12/h3-8,10H,9H2,1-2H3,(H,17,21). The first-order valence-corrected chi connectivity index (χ1v) is 6.98. The summed E-state index contributed by atoms with van der Waals surface area (Å²) in [5, 5.41) is 7.40. The first kappa shape index (κ1) is 15.3. The van der Waals surface area contributed by atoms with E-state index < -0.39 is 0 Å². The van der Waals surface area contributed by atoms with Crippen molar-refractivity contribution in [1.29, 1.82) is 0 Å². The Morgan fingerprint density at radius 2 is 1.90 bits per heavy atom. The minimum absolute atomic E-state index is 0.199. The molecule has 1 heterocycles. The van der Waals surface area contributed by atoms with E-state index in [2.05, 4.69) is 10.4 Å². The second-order valence-electron chi connectivity index (χ2n) is 5.09. The molecule has 0 aliphatic heterocycles. The maximum absolute atomic E-state index is 12.1. The Morgan fingerprint density at radius 1 is 1.24 bits per heavy atom. The number of carbonyl (C=O) groups excluding carboxylic acids is 1. The maximum Gasteiger partial charge on any atom is 0.276 e. The van der Waals surface area contributed by atoms with E-state index in [4.69, 9.17) is 11.6 Å². The van der Waals surface area contributed by atoms with Gasteiger partial charge in [0, 0.05) is 23.3 Å². The molecule has 1 aromatic heterocycles. The summed E-state index contributed by atoms with van der Waals surface area (Å²) in [5.74, 6) is -0.0976. The van der Waals surface area contributed by atoms with Crippen molar-refractivity contribution >= 4 is 23.2 Å². The Balaban J connectivity index is 2.19. The average molecular weight is 306 g/mol. The van der Waals surface area contributed by atoms with Crippen molar-refractivity contribution in [2.24, 2.45) is 5.92 Å². The van der Waals surface area contributed by atoms with Gasteiger partial charge in [-0.1, -0.05) is 25.4 Å². The van der Waals surface area contributed by atoms with Gasteiger partial charge >= 0.3 is 0 Å². The molecule has 1 aromatic carbocycles. The summed E-state index contributed by atoms with van der Waals surface area (Å²) >= 11 is 5.79. The van der Waals surface area contributed by atoms with E-state index in [0.29, 0.717) is 17.3 Å². The quantitative estimate of drug-likeness (QED) is 0.944. The summed E-state index contributed by atoms with van der Waals surface area (Å²) in [4.78, 5) is 23.8. The number of nitrogens with zero attached hydrogens (tertiary/aromatic N) is 2. The fourth-order valence-electron chi connectivity index (χ4n) is 1.78. The smallest absolute Gasteiger partial charge is 0.276 e. The number of hydrogen-bond donors (Lipinski definition) is 1. The van der Waals surface area contributed by atoms with Crippen LogP contribution in [0.2, 0.25) is 5.02 Å². The third-order valence-electron chi connectivity index (χ3n) is 2.74. The van der Waals surface area contributed by atoms with Gasteiger partial charge in [0.2, 0.25) is 0 Å². The molecule has 110 valence electrons. The van der Waals surface area contributed by atoms with E-state index >= 15 is 0 Å². The highest BCUT2D eigenvalue weighted by atomic mass is 35.5. The third-order valence-corrected chi connectivity index (χ3v) is 2.99. The summed E-state index contributed by atoms with van der Waals surface area (Å²) in [6.07, 6.45) is 0. The number of amides is 1. The van der Waals surface area contributed by atoms with Gasteiger partial charge < -0.3 is 5.32 Å². The number of hydrogen-bond acceptors (Lipinski definition) is 3. The van der Waals surface area contributed by atoms with Crippen LogP contribution >= 0.6 is 11.6 Å². The molecule has 5 nitrogen and oxygen atoms in total. The topological polar surface area (TPSA) is 64.0 Å². The number of halogens is 1. The van der Waals surface area contributed by atoms with Crippen LogP contribution in [0.1, 0.15) is 24.3 Å². The third kappa shape index (κ3) is 4.16. The number of benzene rings is 1. The number of carbonyl (C=O) groups is 1. The van der Waals surface area contributed by atoms with Gasteiger partial charge in [0.25, 0.3) is 11.5 Å². The maximum atomic E-state index is 12.1. The van der Waals surface area contributed by atoms with E-state index in [-0.39, 0.29) is 23.1 Å². The van der Waals surface area contributed by atoms with Crippen LogP contribution in [0.25, 0.3) is 0 Å². The Labute approximate surface area is 127 Å². The number of aromatic nitrogens is 2. The fourth-order valence-corrected chi connectivity index (χ4v) is 1.90. The molecule has 6 heteroatoms. The van der Waals surface area contributed by atoms with Gasteiger partial charge in [-0.15, -0.1) is 0 Å². The van der Waals surface area contributed by atoms with Crippen molar-refractivity contribution in [2.75, 3.05) is 5.32 Å². The molecule has 2 aromatic rings. The van der Waals surface area contributed by atoms with Crippen LogP contribution in [-0.2, 0) is 6.54 Å². The van der Waals surface area contributed by atoms with Gasteiger partial charge in [0.15, 0.2) is 0 Å². The zero-order valence-electron chi connectivity index (χ0n) is 11.8. The van der Waals surface area contributed by atoms with Gasteiger partial charge in [-0.05, 0) is 36.2 Å². The predicted octanol–water partition coefficient (Wildman–Crippen LogP) is 2.81. The molecule has 1 amide bonds. The van der Waals surface area contributed by atoms with Crippen LogP contribution in [0.5, 0.6) is 0 Å². The van der Waals surface area contributed by atoms with Crippen molar-refractivity contribution in [1.82, 2.24) is 9.78 Å². The Hall–Kier alpha value is -2.14. The Morgan fingerprint density at radius 3 is 2.52 bits per heavy atom. The molecule has 0 aliphatic carbocycles. The van der Waals surface area contributed by atoms with Gasteiger partial charge in [0.05, 0.1) is 0 Å². The lowest BCUT2D eigenvalue weighted by atomic mass is 10.2. The second-order valence-corrected chi connectivity index (χ2v) is 5.53. The monoisotopic (exact) mass is 305 g/mol. The lowest BCUT2D eigenvalue weighted by molar-refractivity contribution is 0.101. The molecule has 0 aliphatic rings. The van der Waals surface area contributed by atoms with Crippen molar-refractivity contribution in [2.45, 2.75) is 20.4 Å². The molecule has 0 unspecified atom stereocenters. The van der Waals surface area contributed by atoms with E-state index in [0.717, 1.165) is 0 Å². The number of rotatable bonds is 4. The van der Waals surface area contributed by atoms with Crippen LogP contribution in [0.3, 0.4) is 0 Å².